The molecule has 0 amide bonds. The van der Waals surface area contributed by atoms with Crippen LogP contribution < -0.4 is 4.90 Å². The van der Waals surface area contributed by atoms with Crippen LogP contribution in [0.4, 0.5) is 10.1 Å². The minimum atomic E-state index is -0.691. The van der Waals surface area contributed by atoms with Crippen LogP contribution in [0.2, 0.25) is 0 Å². The number of ether oxygens (including phenoxy) is 1. The molecule has 0 saturated heterocycles. The highest BCUT2D eigenvalue weighted by Crippen LogP contribution is 2.26. The molecule has 18 heavy (non-hydrogen) atoms. The van der Waals surface area contributed by atoms with Crippen LogP contribution in [-0.4, -0.2) is 26.7 Å². The number of carbonyl (C=O) groups is 1. The van der Waals surface area contributed by atoms with Crippen molar-refractivity contribution in [1.29, 1.82) is 0 Å². The lowest BCUT2D eigenvalue weighted by atomic mass is 9.93. The summed E-state index contributed by atoms with van der Waals surface area (Å²) in [5.41, 5.74) is -0.238. The molecule has 0 aliphatic heterocycles. The molecular formula is C13H17BrFNO2. The Balaban J connectivity index is 2.88. The Kier molecular flexibility index (Phi) is 4.73. The molecule has 100 valence electrons. The molecule has 0 fully saturated rings. The molecule has 0 N–H and O–H groups in total. The third-order valence-corrected chi connectivity index (χ3v) is 3.18. The fourth-order valence-electron chi connectivity index (χ4n) is 1.81. The Labute approximate surface area is 115 Å². The van der Waals surface area contributed by atoms with E-state index in [9.17, 15) is 9.18 Å². The van der Waals surface area contributed by atoms with Gasteiger partial charge in [-0.25, -0.2) is 4.39 Å². The van der Waals surface area contributed by atoms with E-state index in [4.69, 9.17) is 4.74 Å². The molecule has 0 aliphatic rings. The summed E-state index contributed by atoms with van der Waals surface area (Å²) in [5.74, 6) is -0.639. The molecule has 0 aliphatic carbocycles. The number of carbonyl (C=O) groups excluding carboxylic acids is 1. The van der Waals surface area contributed by atoms with Gasteiger partial charge in [-0.15, -0.1) is 0 Å². The molecule has 5 heteroatoms. The van der Waals surface area contributed by atoms with Gasteiger partial charge in [0.25, 0.3) is 0 Å². The summed E-state index contributed by atoms with van der Waals surface area (Å²) in [6.07, 6.45) is 0. The number of methoxy groups -OCH3 is 1. The maximum Gasteiger partial charge on any atom is 0.313 e. The maximum absolute atomic E-state index is 13.8. The number of rotatable bonds is 4. The van der Waals surface area contributed by atoms with Crippen LogP contribution in [0.15, 0.2) is 22.7 Å². The molecule has 0 atom stereocenters. The van der Waals surface area contributed by atoms with E-state index in [1.54, 1.807) is 37.9 Å². The molecule has 0 spiro atoms. The number of anilines is 1. The predicted molar refractivity (Wildman–Crippen MR) is 73.2 cm³/mol. The second-order valence-electron chi connectivity index (χ2n) is 4.83. The normalized spacial score (nSPS) is 11.2. The van der Waals surface area contributed by atoms with E-state index in [0.29, 0.717) is 16.7 Å². The fraction of sp³-hybridized carbons (Fsp3) is 0.462. The molecule has 0 unspecified atom stereocenters. The lowest BCUT2D eigenvalue weighted by molar-refractivity contribution is -0.150. The quantitative estimate of drug-likeness (QED) is 0.798. The summed E-state index contributed by atoms with van der Waals surface area (Å²) < 4.78 is 19.2. The number of hydrogen-bond donors (Lipinski definition) is 0. The van der Waals surface area contributed by atoms with Gasteiger partial charge in [0, 0.05) is 18.1 Å². The third-order valence-electron chi connectivity index (χ3n) is 2.69. The van der Waals surface area contributed by atoms with Gasteiger partial charge in [0.2, 0.25) is 0 Å². The number of benzene rings is 1. The summed E-state index contributed by atoms with van der Waals surface area (Å²) in [7, 11) is 3.10. The molecule has 1 rings (SSSR count). The SMILES string of the molecule is COC(=O)C(C)(C)CN(C)c1ccc(Br)cc1F. The van der Waals surface area contributed by atoms with Crippen LogP contribution in [0.1, 0.15) is 13.8 Å². The number of esters is 1. The first-order chi connectivity index (χ1) is 8.27. The van der Waals surface area contributed by atoms with Gasteiger partial charge < -0.3 is 9.64 Å². The Hall–Kier alpha value is -1.10. The molecule has 0 aromatic heterocycles. The highest BCUT2D eigenvalue weighted by atomic mass is 79.9. The van der Waals surface area contributed by atoms with Crippen molar-refractivity contribution in [3.63, 3.8) is 0 Å². The van der Waals surface area contributed by atoms with Crippen molar-refractivity contribution in [1.82, 2.24) is 0 Å². The van der Waals surface area contributed by atoms with Crippen molar-refractivity contribution < 1.29 is 13.9 Å². The van der Waals surface area contributed by atoms with Gasteiger partial charge in [0.1, 0.15) is 5.82 Å². The number of halogens is 2. The van der Waals surface area contributed by atoms with Gasteiger partial charge in [0.15, 0.2) is 0 Å². The fourth-order valence-corrected chi connectivity index (χ4v) is 2.14. The number of hydrogen-bond acceptors (Lipinski definition) is 3. The second-order valence-corrected chi connectivity index (χ2v) is 5.74. The smallest absolute Gasteiger partial charge is 0.313 e. The third kappa shape index (κ3) is 3.45. The zero-order valence-corrected chi connectivity index (χ0v) is 12.5. The van der Waals surface area contributed by atoms with Crippen molar-refractivity contribution in [2.75, 3.05) is 25.6 Å². The summed E-state index contributed by atoms with van der Waals surface area (Å²) in [6.45, 7) is 3.91. The van der Waals surface area contributed by atoms with E-state index < -0.39 is 5.41 Å². The summed E-state index contributed by atoms with van der Waals surface area (Å²) in [6, 6.07) is 4.84. The monoisotopic (exact) mass is 317 g/mol. The van der Waals surface area contributed by atoms with Crippen molar-refractivity contribution in [3.05, 3.63) is 28.5 Å². The van der Waals surface area contributed by atoms with Gasteiger partial charge in [-0.2, -0.15) is 0 Å². The van der Waals surface area contributed by atoms with E-state index in [-0.39, 0.29) is 11.8 Å². The lowest BCUT2D eigenvalue weighted by Crippen LogP contribution is -2.38. The van der Waals surface area contributed by atoms with E-state index in [2.05, 4.69) is 15.9 Å². The van der Waals surface area contributed by atoms with Gasteiger partial charge in [-0.05, 0) is 32.0 Å². The van der Waals surface area contributed by atoms with Crippen molar-refractivity contribution in [2.24, 2.45) is 5.41 Å². The first kappa shape index (κ1) is 15.0. The Morgan fingerprint density at radius 2 is 2.11 bits per heavy atom. The highest BCUT2D eigenvalue weighted by Gasteiger charge is 2.30. The van der Waals surface area contributed by atoms with Crippen molar-refractivity contribution >= 4 is 27.6 Å². The summed E-state index contributed by atoms with van der Waals surface area (Å²) in [4.78, 5) is 13.3. The Morgan fingerprint density at radius 1 is 1.50 bits per heavy atom. The lowest BCUT2D eigenvalue weighted by Gasteiger charge is -2.29. The van der Waals surface area contributed by atoms with Crippen LogP contribution in [0.5, 0.6) is 0 Å². The van der Waals surface area contributed by atoms with Crippen molar-refractivity contribution in [3.8, 4) is 0 Å². The molecule has 0 bridgehead atoms. The van der Waals surface area contributed by atoms with Crippen LogP contribution in [-0.2, 0) is 9.53 Å². The van der Waals surface area contributed by atoms with Gasteiger partial charge in [-0.1, -0.05) is 15.9 Å². The van der Waals surface area contributed by atoms with E-state index in [0.717, 1.165) is 0 Å². The Bertz CT molecular complexity index is 449. The summed E-state index contributed by atoms with van der Waals surface area (Å²) >= 11 is 3.21. The first-order valence-electron chi connectivity index (χ1n) is 5.52. The molecule has 1 aromatic carbocycles. The zero-order valence-electron chi connectivity index (χ0n) is 11.0. The molecule has 0 radical (unpaired) electrons. The topological polar surface area (TPSA) is 29.5 Å². The first-order valence-corrected chi connectivity index (χ1v) is 6.32. The van der Waals surface area contributed by atoms with Crippen LogP contribution in [0.25, 0.3) is 0 Å². The molecule has 0 heterocycles. The Morgan fingerprint density at radius 3 is 2.61 bits per heavy atom. The zero-order chi connectivity index (χ0) is 13.9. The van der Waals surface area contributed by atoms with E-state index >= 15 is 0 Å². The largest absolute Gasteiger partial charge is 0.469 e. The average molecular weight is 318 g/mol. The van der Waals surface area contributed by atoms with E-state index in [1.165, 1.54) is 13.2 Å². The van der Waals surface area contributed by atoms with Crippen LogP contribution in [0.3, 0.4) is 0 Å². The standard InChI is InChI=1S/C13H17BrFNO2/c1-13(2,12(17)18-4)8-16(3)11-6-5-9(14)7-10(11)15/h5-7H,8H2,1-4H3. The second kappa shape index (κ2) is 5.69. The molecule has 1 aromatic rings. The molecular weight excluding hydrogens is 301 g/mol. The van der Waals surface area contributed by atoms with Crippen LogP contribution in [0, 0.1) is 11.2 Å². The maximum atomic E-state index is 13.8. The minimum Gasteiger partial charge on any atom is -0.469 e. The van der Waals surface area contributed by atoms with E-state index in [1.807, 2.05) is 0 Å². The van der Waals surface area contributed by atoms with Gasteiger partial charge in [0.05, 0.1) is 18.2 Å². The number of nitrogens with zero attached hydrogens (tertiary/aromatic N) is 1. The van der Waals surface area contributed by atoms with Gasteiger partial charge in [-0.3, -0.25) is 4.79 Å². The van der Waals surface area contributed by atoms with Gasteiger partial charge >= 0.3 is 5.97 Å². The average Bonchev–Trinajstić information content (AvgIpc) is 2.26. The summed E-state index contributed by atoms with van der Waals surface area (Å²) in [5, 5.41) is 0. The molecule has 3 nitrogen and oxygen atoms in total. The van der Waals surface area contributed by atoms with Crippen molar-refractivity contribution in [2.45, 2.75) is 13.8 Å². The minimum absolute atomic E-state index is 0.313. The van der Waals surface area contributed by atoms with Crippen LogP contribution >= 0.6 is 15.9 Å². The predicted octanol–water partition coefficient (Wildman–Crippen LogP) is 3.22. The highest BCUT2D eigenvalue weighted by molar-refractivity contribution is 9.10. The molecule has 0 saturated carbocycles.